The first-order chi connectivity index (χ1) is 9.11. The predicted molar refractivity (Wildman–Crippen MR) is 71.9 cm³/mol. The minimum atomic E-state index is -0.275. The minimum absolute atomic E-state index is 0.275. The lowest BCUT2D eigenvalue weighted by Crippen LogP contribution is -2.19. The van der Waals surface area contributed by atoms with E-state index in [-0.39, 0.29) is 5.82 Å². The molecule has 0 aliphatic carbocycles. The Morgan fingerprint density at radius 2 is 2.16 bits per heavy atom. The van der Waals surface area contributed by atoms with Gasteiger partial charge in [0, 0.05) is 19.2 Å². The molecular weight excluding hydrogens is 243 g/mol. The van der Waals surface area contributed by atoms with Crippen molar-refractivity contribution in [3.63, 3.8) is 0 Å². The van der Waals surface area contributed by atoms with Crippen LogP contribution in [-0.2, 0) is 6.54 Å². The van der Waals surface area contributed by atoms with Gasteiger partial charge in [-0.3, -0.25) is 0 Å². The third-order valence-corrected chi connectivity index (χ3v) is 2.74. The Balaban J connectivity index is 2.28. The Morgan fingerprint density at radius 3 is 2.84 bits per heavy atom. The maximum absolute atomic E-state index is 13.6. The molecule has 19 heavy (non-hydrogen) atoms. The van der Waals surface area contributed by atoms with Gasteiger partial charge in [0.25, 0.3) is 0 Å². The zero-order valence-electron chi connectivity index (χ0n) is 10.5. The molecule has 1 aromatic carbocycles. The van der Waals surface area contributed by atoms with Gasteiger partial charge >= 0.3 is 0 Å². The van der Waals surface area contributed by atoms with E-state index < -0.39 is 0 Å². The number of halogens is 1. The van der Waals surface area contributed by atoms with Gasteiger partial charge in [-0.05, 0) is 12.1 Å². The van der Waals surface area contributed by atoms with E-state index in [2.05, 4.69) is 4.98 Å². The van der Waals surface area contributed by atoms with Crippen molar-refractivity contribution < 1.29 is 4.39 Å². The number of benzene rings is 1. The highest BCUT2D eigenvalue weighted by atomic mass is 19.1. The SMILES string of the molecule is CN(Cc1ccccc1F)c1ncc(N)cc1C#N. The Hall–Kier alpha value is -2.61. The zero-order chi connectivity index (χ0) is 13.8. The van der Waals surface area contributed by atoms with Gasteiger partial charge in [0.2, 0.25) is 0 Å². The monoisotopic (exact) mass is 256 g/mol. The fourth-order valence-electron chi connectivity index (χ4n) is 1.82. The maximum Gasteiger partial charge on any atom is 0.146 e. The number of rotatable bonds is 3. The molecule has 0 unspecified atom stereocenters. The third-order valence-electron chi connectivity index (χ3n) is 2.74. The van der Waals surface area contributed by atoms with Crippen LogP contribution in [0.1, 0.15) is 11.1 Å². The molecule has 0 bridgehead atoms. The summed E-state index contributed by atoms with van der Waals surface area (Å²) in [7, 11) is 1.76. The molecule has 0 radical (unpaired) electrons. The van der Waals surface area contributed by atoms with Crippen LogP contribution in [0.25, 0.3) is 0 Å². The first-order valence-electron chi connectivity index (χ1n) is 5.72. The van der Waals surface area contributed by atoms with Crippen molar-refractivity contribution in [2.45, 2.75) is 6.54 Å². The lowest BCUT2D eigenvalue weighted by molar-refractivity contribution is 0.607. The molecule has 0 amide bonds. The normalized spacial score (nSPS) is 9.95. The summed E-state index contributed by atoms with van der Waals surface area (Å²) in [6.07, 6.45) is 1.48. The molecule has 0 fully saturated rings. The Morgan fingerprint density at radius 1 is 1.42 bits per heavy atom. The Bertz CT molecular complexity index is 634. The highest BCUT2D eigenvalue weighted by Crippen LogP contribution is 2.20. The van der Waals surface area contributed by atoms with Crippen molar-refractivity contribution in [2.24, 2.45) is 0 Å². The topological polar surface area (TPSA) is 65.9 Å². The van der Waals surface area contributed by atoms with Crippen molar-refractivity contribution in [3.05, 3.63) is 53.5 Å². The van der Waals surface area contributed by atoms with Crippen molar-refractivity contribution in [3.8, 4) is 6.07 Å². The van der Waals surface area contributed by atoms with E-state index in [1.54, 1.807) is 36.2 Å². The summed E-state index contributed by atoms with van der Waals surface area (Å²) in [6, 6.07) is 10.1. The number of nitrogens with two attached hydrogens (primary N) is 1. The van der Waals surface area contributed by atoms with Crippen molar-refractivity contribution in [1.29, 1.82) is 5.26 Å². The molecule has 0 aliphatic rings. The lowest BCUT2D eigenvalue weighted by atomic mass is 10.2. The van der Waals surface area contributed by atoms with E-state index in [1.165, 1.54) is 12.3 Å². The second-order valence-electron chi connectivity index (χ2n) is 4.20. The molecule has 0 saturated carbocycles. The van der Waals surface area contributed by atoms with Gasteiger partial charge in [0.15, 0.2) is 0 Å². The number of nitrogen functional groups attached to an aromatic ring is 1. The molecule has 2 aromatic rings. The summed E-state index contributed by atoms with van der Waals surface area (Å²) in [5.41, 5.74) is 6.94. The van der Waals surface area contributed by atoms with E-state index in [9.17, 15) is 4.39 Å². The maximum atomic E-state index is 13.6. The van der Waals surface area contributed by atoms with Gasteiger partial charge in [-0.15, -0.1) is 0 Å². The van der Waals surface area contributed by atoms with Crippen LogP contribution in [-0.4, -0.2) is 12.0 Å². The number of nitrogens with zero attached hydrogens (tertiary/aromatic N) is 3. The highest BCUT2D eigenvalue weighted by molar-refractivity contribution is 5.58. The molecule has 5 heteroatoms. The summed E-state index contributed by atoms with van der Waals surface area (Å²) < 4.78 is 13.6. The van der Waals surface area contributed by atoms with Crippen LogP contribution in [0.4, 0.5) is 15.9 Å². The van der Waals surface area contributed by atoms with E-state index in [1.807, 2.05) is 6.07 Å². The van der Waals surface area contributed by atoms with Crippen molar-refractivity contribution >= 4 is 11.5 Å². The number of hydrogen-bond acceptors (Lipinski definition) is 4. The van der Waals surface area contributed by atoms with Gasteiger partial charge in [-0.2, -0.15) is 5.26 Å². The first-order valence-corrected chi connectivity index (χ1v) is 5.72. The van der Waals surface area contributed by atoms with Gasteiger partial charge in [-0.1, -0.05) is 18.2 Å². The van der Waals surface area contributed by atoms with Gasteiger partial charge in [-0.25, -0.2) is 9.37 Å². The average Bonchev–Trinajstić information content (AvgIpc) is 2.41. The van der Waals surface area contributed by atoms with Crippen LogP contribution in [0.3, 0.4) is 0 Å². The number of hydrogen-bond donors (Lipinski definition) is 1. The van der Waals surface area contributed by atoms with E-state index in [0.29, 0.717) is 29.2 Å². The van der Waals surface area contributed by atoms with E-state index in [4.69, 9.17) is 11.0 Å². The van der Waals surface area contributed by atoms with E-state index >= 15 is 0 Å². The van der Waals surface area contributed by atoms with E-state index in [0.717, 1.165) is 0 Å². The molecule has 4 nitrogen and oxygen atoms in total. The largest absolute Gasteiger partial charge is 0.397 e. The fraction of sp³-hybridized carbons (Fsp3) is 0.143. The standard InChI is InChI=1S/C14H13FN4/c1-19(9-10-4-2-3-5-13(10)15)14-11(7-16)6-12(17)8-18-14/h2-6,8H,9,17H2,1H3. The molecule has 0 atom stereocenters. The minimum Gasteiger partial charge on any atom is -0.397 e. The number of aromatic nitrogens is 1. The molecule has 0 saturated heterocycles. The Kier molecular flexibility index (Phi) is 3.62. The molecule has 1 heterocycles. The molecule has 1 aromatic heterocycles. The van der Waals surface area contributed by atoms with Crippen LogP contribution in [0.2, 0.25) is 0 Å². The quantitative estimate of drug-likeness (QED) is 0.915. The summed E-state index contributed by atoms with van der Waals surface area (Å²) in [5.74, 6) is 0.211. The molecule has 2 N–H and O–H groups in total. The zero-order valence-corrected chi connectivity index (χ0v) is 10.5. The third kappa shape index (κ3) is 2.80. The van der Waals surface area contributed by atoms with Crippen LogP contribution in [0.15, 0.2) is 36.5 Å². The van der Waals surface area contributed by atoms with Crippen LogP contribution in [0, 0.1) is 17.1 Å². The van der Waals surface area contributed by atoms with Crippen molar-refractivity contribution in [2.75, 3.05) is 17.7 Å². The van der Waals surface area contributed by atoms with Crippen molar-refractivity contribution in [1.82, 2.24) is 4.98 Å². The average molecular weight is 256 g/mol. The summed E-state index contributed by atoms with van der Waals surface area (Å²) >= 11 is 0. The molecule has 0 aliphatic heterocycles. The molecule has 96 valence electrons. The summed E-state index contributed by atoms with van der Waals surface area (Å²) in [6.45, 7) is 0.332. The highest BCUT2D eigenvalue weighted by Gasteiger charge is 2.11. The van der Waals surface area contributed by atoms with Crippen LogP contribution in [0.5, 0.6) is 0 Å². The number of nitriles is 1. The van der Waals surface area contributed by atoms with Gasteiger partial charge in [0.05, 0.1) is 17.4 Å². The molecule has 2 rings (SSSR count). The molecule has 0 spiro atoms. The number of anilines is 2. The smallest absolute Gasteiger partial charge is 0.146 e. The predicted octanol–water partition coefficient (Wildman–Crippen LogP) is 2.31. The first kappa shape index (κ1) is 12.8. The van der Waals surface area contributed by atoms with Crippen LogP contribution >= 0.6 is 0 Å². The second-order valence-corrected chi connectivity index (χ2v) is 4.20. The fourth-order valence-corrected chi connectivity index (χ4v) is 1.82. The second kappa shape index (κ2) is 5.36. The lowest BCUT2D eigenvalue weighted by Gasteiger charge is -2.19. The van der Waals surface area contributed by atoms with Gasteiger partial charge < -0.3 is 10.6 Å². The molecular formula is C14H13FN4. The Labute approximate surface area is 110 Å². The summed E-state index contributed by atoms with van der Waals surface area (Å²) in [5, 5.41) is 9.07. The van der Waals surface area contributed by atoms with Crippen LogP contribution < -0.4 is 10.6 Å². The summed E-state index contributed by atoms with van der Waals surface area (Å²) in [4.78, 5) is 5.85. The van der Waals surface area contributed by atoms with Gasteiger partial charge in [0.1, 0.15) is 17.7 Å². The number of pyridine rings is 1.